The van der Waals surface area contributed by atoms with Gasteiger partial charge in [0.1, 0.15) is 0 Å². The highest BCUT2D eigenvalue weighted by Gasteiger charge is 2.58. The molecule has 4 aliphatic rings. The third-order valence-electron chi connectivity index (χ3n) is 9.89. The number of allylic oxidation sites excluding steroid dienone is 2. The van der Waals surface area contributed by atoms with Crippen LogP contribution >= 0.6 is 0 Å². The number of fused-ring (bicyclic) bond motifs is 5. The second kappa shape index (κ2) is 6.34. The Morgan fingerprint density at radius 2 is 1.92 bits per heavy atom. The van der Waals surface area contributed by atoms with Crippen molar-refractivity contribution < 1.29 is 10.2 Å². The van der Waals surface area contributed by atoms with Crippen LogP contribution in [0.5, 0.6) is 0 Å². The van der Waals surface area contributed by atoms with Crippen LogP contribution in [0.2, 0.25) is 0 Å². The Hall–Kier alpha value is -0.340. The highest BCUT2D eigenvalue weighted by atomic mass is 16.3. The lowest BCUT2D eigenvalue weighted by Crippen LogP contribution is -2.51. The smallest absolute Gasteiger partial charge is 0.0648 e. The van der Waals surface area contributed by atoms with Crippen molar-refractivity contribution >= 4 is 0 Å². The average molecular weight is 361 g/mol. The summed E-state index contributed by atoms with van der Waals surface area (Å²) in [6.07, 6.45) is 13.2. The van der Waals surface area contributed by atoms with Crippen LogP contribution in [0.4, 0.5) is 0 Å². The Bertz CT molecular complexity index is 583. The standard InChI is InChI=1S/C24H40O2/c1-5-24(26)13-12-22(3)17(14-24)6-7-18-20-9-8-19(16(2)15-25)23(20,4)11-10-21(18)22/h10,16-20,25-26H,5-9,11-15H2,1-4H3/t16-,17+,18+,19-,20+,22+,23-,24+/m1/s1. The number of aliphatic hydroxyl groups excluding tert-OH is 1. The van der Waals surface area contributed by atoms with Crippen LogP contribution in [0, 0.1) is 40.4 Å². The summed E-state index contributed by atoms with van der Waals surface area (Å²) in [6, 6.07) is 0. The molecule has 0 aromatic carbocycles. The van der Waals surface area contributed by atoms with Crippen LogP contribution in [0.1, 0.15) is 85.5 Å². The molecule has 0 amide bonds. The minimum atomic E-state index is -0.407. The molecular weight excluding hydrogens is 320 g/mol. The van der Waals surface area contributed by atoms with Gasteiger partial charge in [0.05, 0.1) is 5.60 Å². The Morgan fingerprint density at radius 1 is 1.15 bits per heavy atom. The predicted molar refractivity (Wildman–Crippen MR) is 107 cm³/mol. The number of hydrogen-bond donors (Lipinski definition) is 2. The van der Waals surface area contributed by atoms with Crippen LogP contribution in [-0.4, -0.2) is 22.4 Å². The van der Waals surface area contributed by atoms with Crippen LogP contribution in [0.15, 0.2) is 11.6 Å². The predicted octanol–water partition coefficient (Wildman–Crippen LogP) is 5.33. The van der Waals surface area contributed by atoms with E-state index in [1.807, 2.05) is 0 Å². The van der Waals surface area contributed by atoms with Gasteiger partial charge >= 0.3 is 0 Å². The van der Waals surface area contributed by atoms with Crippen molar-refractivity contribution in [3.8, 4) is 0 Å². The van der Waals surface area contributed by atoms with Crippen molar-refractivity contribution in [1.29, 1.82) is 0 Å². The van der Waals surface area contributed by atoms with Crippen molar-refractivity contribution in [2.75, 3.05) is 6.61 Å². The second-order valence-electron chi connectivity index (χ2n) is 10.9. The van der Waals surface area contributed by atoms with E-state index in [9.17, 15) is 10.2 Å². The highest BCUT2D eigenvalue weighted by Crippen LogP contribution is 2.66. The van der Waals surface area contributed by atoms with Crippen molar-refractivity contribution in [3.05, 3.63) is 11.6 Å². The first kappa shape index (κ1) is 19.0. The van der Waals surface area contributed by atoms with Crippen LogP contribution < -0.4 is 0 Å². The van der Waals surface area contributed by atoms with Gasteiger partial charge in [-0.05, 0) is 98.2 Å². The number of aliphatic hydroxyl groups is 2. The Balaban J connectivity index is 1.63. The Kier molecular flexibility index (Phi) is 4.63. The third kappa shape index (κ3) is 2.58. The Morgan fingerprint density at radius 3 is 2.62 bits per heavy atom. The summed E-state index contributed by atoms with van der Waals surface area (Å²) in [5.74, 6) is 3.35. The number of rotatable bonds is 3. The van der Waals surface area contributed by atoms with Gasteiger partial charge in [0.25, 0.3) is 0 Å². The van der Waals surface area contributed by atoms with E-state index in [0.717, 1.165) is 31.1 Å². The van der Waals surface area contributed by atoms with Crippen LogP contribution in [-0.2, 0) is 0 Å². The van der Waals surface area contributed by atoms with Crippen molar-refractivity contribution in [3.63, 3.8) is 0 Å². The van der Waals surface area contributed by atoms with Crippen LogP contribution in [0.25, 0.3) is 0 Å². The van der Waals surface area contributed by atoms with E-state index in [2.05, 4.69) is 33.8 Å². The molecule has 0 aromatic heterocycles. The largest absolute Gasteiger partial charge is 0.396 e. The molecule has 0 spiro atoms. The quantitative estimate of drug-likeness (QED) is 0.667. The molecule has 4 rings (SSSR count). The first-order chi connectivity index (χ1) is 12.3. The van der Waals surface area contributed by atoms with Crippen molar-refractivity contribution in [2.24, 2.45) is 40.4 Å². The fourth-order valence-corrected chi connectivity index (χ4v) is 8.02. The van der Waals surface area contributed by atoms with Crippen LogP contribution in [0.3, 0.4) is 0 Å². The molecule has 0 heterocycles. The minimum Gasteiger partial charge on any atom is -0.396 e. The molecule has 0 radical (unpaired) electrons. The SMILES string of the molecule is CC[C@]1(O)CC[C@]2(C)C3=CC[C@]4(C)[C@@H]([C@H](C)CO)CC[C@H]4[C@@H]3CC[C@H]2C1. The molecule has 26 heavy (non-hydrogen) atoms. The maximum Gasteiger partial charge on any atom is 0.0648 e. The molecule has 0 saturated heterocycles. The third-order valence-corrected chi connectivity index (χ3v) is 9.89. The first-order valence-electron chi connectivity index (χ1n) is 11.3. The Labute approximate surface area is 160 Å². The van der Waals surface area contributed by atoms with E-state index in [1.54, 1.807) is 5.57 Å². The fraction of sp³-hybridized carbons (Fsp3) is 0.917. The molecule has 8 atom stereocenters. The van der Waals surface area contributed by atoms with Gasteiger partial charge in [0.15, 0.2) is 0 Å². The monoisotopic (exact) mass is 360 g/mol. The van der Waals surface area contributed by atoms with Gasteiger partial charge in [-0.25, -0.2) is 0 Å². The van der Waals surface area contributed by atoms with Gasteiger partial charge < -0.3 is 10.2 Å². The molecule has 2 heteroatoms. The zero-order valence-electron chi connectivity index (χ0n) is 17.4. The molecular formula is C24H40O2. The van der Waals surface area contributed by atoms with Gasteiger partial charge in [0.2, 0.25) is 0 Å². The zero-order valence-corrected chi connectivity index (χ0v) is 17.4. The van der Waals surface area contributed by atoms with E-state index in [1.165, 1.54) is 38.5 Å². The lowest BCUT2D eigenvalue weighted by Gasteiger charge is -2.58. The maximum atomic E-state index is 10.9. The molecule has 148 valence electrons. The molecule has 0 unspecified atom stereocenters. The molecule has 2 N–H and O–H groups in total. The molecule has 3 saturated carbocycles. The zero-order chi connectivity index (χ0) is 18.7. The van der Waals surface area contributed by atoms with Gasteiger partial charge in [-0.15, -0.1) is 0 Å². The molecule has 0 aromatic rings. The molecule has 2 nitrogen and oxygen atoms in total. The summed E-state index contributed by atoms with van der Waals surface area (Å²) < 4.78 is 0. The lowest BCUT2D eigenvalue weighted by atomic mass is 9.47. The summed E-state index contributed by atoms with van der Waals surface area (Å²) in [4.78, 5) is 0. The lowest BCUT2D eigenvalue weighted by molar-refractivity contribution is -0.0773. The van der Waals surface area contributed by atoms with Gasteiger partial charge in [-0.1, -0.05) is 39.3 Å². The van der Waals surface area contributed by atoms with Gasteiger partial charge in [0, 0.05) is 6.61 Å². The minimum absolute atomic E-state index is 0.326. The molecule has 0 aliphatic heterocycles. The maximum absolute atomic E-state index is 10.9. The molecule has 3 fully saturated rings. The second-order valence-corrected chi connectivity index (χ2v) is 10.9. The average Bonchev–Trinajstić information content (AvgIpc) is 2.99. The normalized spacial score (nSPS) is 51.8. The van der Waals surface area contributed by atoms with Gasteiger partial charge in [-0.3, -0.25) is 0 Å². The van der Waals surface area contributed by atoms with E-state index in [-0.39, 0.29) is 0 Å². The van der Waals surface area contributed by atoms with E-state index in [4.69, 9.17) is 0 Å². The van der Waals surface area contributed by atoms with E-state index in [0.29, 0.717) is 35.2 Å². The summed E-state index contributed by atoms with van der Waals surface area (Å²) >= 11 is 0. The highest BCUT2D eigenvalue weighted by molar-refractivity contribution is 5.29. The molecule has 0 bridgehead atoms. The summed E-state index contributed by atoms with van der Waals surface area (Å²) in [7, 11) is 0. The van der Waals surface area contributed by atoms with Gasteiger partial charge in [-0.2, -0.15) is 0 Å². The summed E-state index contributed by atoms with van der Waals surface area (Å²) in [6.45, 7) is 9.79. The van der Waals surface area contributed by atoms with Crippen molar-refractivity contribution in [2.45, 2.75) is 91.1 Å². The summed E-state index contributed by atoms with van der Waals surface area (Å²) in [5, 5.41) is 20.7. The first-order valence-corrected chi connectivity index (χ1v) is 11.3. The fourth-order valence-electron chi connectivity index (χ4n) is 8.02. The van der Waals surface area contributed by atoms with E-state index >= 15 is 0 Å². The topological polar surface area (TPSA) is 40.5 Å². The van der Waals surface area contributed by atoms with Crippen molar-refractivity contribution in [1.82, 2.24) is 0 Å². The number of hydrogen-bond acceptors (Lipinski definition) is 2. The summed E-state index contributed by atoms with van der Waals surface area (Å²) in [5.41, 5.74) is 2.08. The molecule has 4 aliphatic carbocycles. The van der Waals surface area contributed by atoms with E-state index < -0.39 is 5.60 Å².